The van der Waals surface area contributed by atoms with Gasteiger partial charge in [-0.15, -0.1) is 0 Å². The van der Waals surface area contributed by atoms with Crippen LogP contribution in [0.5, 0.6) is 5.75 Å². The molecule has 0 fully saturated rings. The number of rotatable bonds is 8. The van der Waals surface area contributed by atoms with Crippen molar-refractivity contribution in [3.63, 3.8) is 0 Å². The quantitative estimate of drug-likeness (QED) is 0.279. The average molecular weight is 429 g/mol. The van der Waals surface area contributed by atoms with E-state index < -0.39 is 6.29 Å². The van der Waals surface area contributed by atoms with E-state index in [0.717, 1.165) is 11.1 Å². The summed E-state index contributed by atoms with van der Waals surface area (Å²) in [5.74, 6) is 0.220. The van der Waals surface area contributed by atoms with Crippen LogP contribution in [0.4, 0.5) is 5.69 Å². The van der Waals surface area contributed by atoms with Crippen LogP contribution in [0.1, 0.15) is 41.8 Å². The fraction of sp³-hybridized carbons (Fsp3) is 0.154. The van der Waals surface area contributed by atoms with Crippen molar-refractivity contribution in [3.8, 4) is 5.75 Å². The monoisotopic (exact) mass is 429 g/mol. The smallest absolute Gasteiger partial charge is 0.227 e. The van der Waals surface area contributed by atoms with Crippen molar-refractivity contribution in [1.29, 1.82) is 0 Å². The summed E-state index contributed by atoms with van der Waals surface area (Å²) in [6.07, 6.45) is -0.720. The molecule has 1 unspecified atom stereocenters. The molecule has 1 N–H and O–H groups in total. The summed E-state index contributed by atoms with van der Waals surface area (Å²) in [6, 6.07) is 24.4. The maximum atomic E-state index is 11.9. The predicted octanol–water partition coefficient (Wildman–Crippen LogP) is 5.89. The number of ether oxygens (including phenoxy) is 2. The van der Waals surface area contributed by atoms with Crippen molar-refractivity contribution in [1.82, 2.24) is 0 Å². The zero-order valence-corrected chi connectivity index (χ0v) is 17.8. The molecule has 6 nitrogen and oxygen atoms in total. The third kappa shape index (κ3) is 5.04. The highest BCUT2D eigenvalue weighted by Crippen LogP contribution is 2.36. The Morgan fingerprint density at radius 3 is 2.28 bits per heavy atom. The molecule has 0 aliphatic carbocycles. The van der Waals surface area contributed by atoms with Gasteiger partial charge in [0.15, 0.2) is 11.5 Å². The van der Waals surface area contributed by atoms with Gasteiger partial charge >= 0.3 is 0 Å². The van der Waals surface area contributed by atoms with Crippen molar-refractivity contribution < 1.29 is 23.5 Å². The molecule has 0 radical (unpaired) electrons. The first kappa shape index (κ1) is 21.3. The van der Waals surface area contributed by atoms with Crippen molar-refractivity contribution in [2.24, 2.45) is 0 Å². The second-order valence-corrected chi connectivity index (χ2v) is 7.39. The van der Waals surface area contributed by atoms with Gasteiger partial charge in [-0.2, -0.15) is 0 Å². The molecule has 0 aliphatic heterocycles. The number of fused-ring (bicyclic) bond motifs is 1. The molecule has 3 aromatic carbocycles. The molecule has 162 valence electrons. The summed E-state index contributed by atoms with van der Waals surface area (Å²) in [4.78, 5) is 23.5. The van der Waals surface area contributed by atoms with E-state index >= 15 is 0 Å². The average Bonchev–Trinajstić information content (AvgIpc) is 3.22. The summed E-state index contributed by atoms with van der Waals surface area (Å²) < 4.78 is 18.1. The lowest BCUT2D eigenvalue weighted by atomic mass is 10.2. The Hall–Kier alpha value is -3.90. The molecule has 0 aliphatic rings. The van der Waals surface area contributed by atoms with Crippen LogP contribution >= 0.6 is 0 Å². The van der Waals surface area contributed by atoms with Crippen molar-refractivity contribution in [3.05, 3.63) is 95.7 Å². The van der Waals surface area contributed by atoms with Gasteiger partial charge in [-0.3, -0.25) is 9.59 Å². The van der Waals surface area contributed by atoms with E-state index in [0.29, 0.717) is 29.0 Å². The largest absolute Gasteiger partial charge is 0.460 e. The van der Waals surface area contributed by atoms with Crippen LogP contribution < -0.4 is 10.1 Å². The number of hydrogen-bond donors (Lipinski definition) is 1. The van der Waals surface area contributed by atoms with Gasteiger partial charge in [0.1, 0.15) is 11.3 Å². The van der Waals surface area contributed by atoms with Crippen LogP contribution in [0.25, 0.3) is 11.0 Å². The fourth-order valence-electron chi connectivity index (χ4n) is 3.32. The van der Waals surface area contributed by atoms with Crippen molar-refractivity contribution >= 4 is 28.3 Å². The van der Waals surface area contributed by atoms with Gasteiger partial charge in [-0.05, 0) is 11.6 Å². The second kappa shape index (κ2) is 9.49. The number of hydrogen-bond acceptors (Lipinski definition) is 5. The van der Waals surface area contributed by atoms with E-state index in [-0.39, 0.29) is 17.5 Å². The number of carbonyl (C=O) groups is 2. The molecular formula is C26H23NO5. The first-order valence-electron chi connectivity index (χ1n) is 10.2. The summed E-state index contributed by atoms with van der Waals surface area (Å²) in [7, 11) is 0. The molecule has 4 aromatic rings. The van der Waals surface area contributed by atoms with Gasteiger partial charge in [0, 0.05) is 37.2 Å². The molecule has 32 heavy (non-hydrogen) atoms. The van der Waals surface area contributed by atoms with Crippen LogP contribution in [-0.2, 0) is 16.1 Å². The number of Topliss-reactive ketones (excluding diaryl/α,β-unsaturated/α-hetero) is 1. The highest BCUT2D eigenvalue weighted by Gasteiger charge is 2.20. The first-order chi connectivity index (χ1) is 15.5. The summed E-state index contributed by atoms with van der Waals surface area (Å²) >= 11 is 0. The molecule has 0 spiro atoms. The van der Waals surface area contributed by atoms with Gasteiger partial charge in [0.05, 0.1) is 12.0 Å². The Bertz CT molecular complexity index is 1230. The summed E-state index contributed by atoms with van der Waals surface area (Å²) in [6.45, 7) is 3.20. The van der Waals surface area contributed by atoms with Gasteiger partial charge in [-0.25, -0.2) is 0 Å². The molecule has 0 saturated heterocycles. The zero-order chi connectivity index (χ0) is 22.5. The number of ketones is 1. The number of benzene rings is 3. The number of carbonyl (C=O) groups excluding carboxylic acids is 2. The van der Waals surface area contributed by atoms with E-state index in [1.165, 1.54) is 13.8 Å². The molecule has 1 heterocycles. The van der Waals surface area contributed by atoms with Crippen molar-refractivity contribution in [2.45, 2.75) is 26.7 Å². The minimum atomic E-state index is -0.720. The number of anilines is 1. The van der Waals surface area contributed by atoms with E-state index in [4.69, 9.17) is 13.9 Å². The molecule has 0 bridgehead atoms. The van der Waals surface area contributed by atoms with Crippen LogP contribution in [0.15, 0.2) is 83.3 Å². The molecule has 1 aromatic heterocycles. The standard InChI is InChI=1S/C26H23NO5/c1-17(28)23-15-22-24(31-23)13-21(27-18(2)29)14-25(22)32-26(20-11-7-4-8-12-20)30-16-19-9-5-3-6-10-19/h3-15,26H,16H2,1-2H3,(H,27,29). The first-order valence-corrected chi connectivity index (χ1v) is 10.2. The van der Waals surface area contributed by atoms with Gasteiger partial charge in [-0.1, -0.05) is 60.7 Å². The molecule has 0 saturated carbocycles. The van der Waals surface area contributed by atoms with Gasteiger partial charge in [0.25, 0.3) is 0 Å². The number of amides is 1. The second-order valence-electron chi connectivity index (χ2n) is 7.39. The normalized spacial score (nSPS) is 11.8. The Kier molecular flexibility index (Phi) is 6.33. The molecule has 1 amide bonds. The van der Waals surface area contributed by atoms with E-state index in [1.54, 1.807) is 18.2 Å². The number of nitrogens with one attached hydrogen (secondary N) is 1. The van der Waals surface area contributed by atoms with Crippen LogP contribution in [0.2, 0.25) is 0 Å². The van der Waals surface area contributed by atoms with Gasteiger partial charge < -0.3 is 19.2 Å². The molecule has 6 heteroatoms. The van der Waals surface area contributed by atoms with E-state index in [2.05, 4.69) is 5.32 Å². The minimum absolute atomic E-state index is 0.201. The highest BCUT2D eigenvalue weighted by atomic mass is 16.7. The Morgan fingerprint density at radius 2 is 1.62 bits per heavy atom. The topological polar surface area (TPSA) is 77.8 Å². The van der Waals surface area contributed by atoms with E-state index in [9.17, 15) is 9.59 Å². The lowest BCUT2D eigenvalue weighted by Gasteiger charge is -2.21. The molecule has 1 atom stereocenters. The maximum Gasteiger partial charge on any atom is 0.227 e. The third-order valence-electron chi connectivity index (χ3n) is 4.82. The Balaban J connectivity index is 1.71. The lowest BCUT2D eigenvalue weighted by molar-refractivity contribution is -0.114. The fourth-order valence-corrected chi connectivity index (χ4v) is 3.32. The highest BCUT2D eigenvalue weighted by molar-refractivity contribution is 5.99. The predicted molar refractivity (Wildman–Crippen MR) is 122 cm³/mol. The number of furan rings is 1. The minimum Gasteiger partial charge on any atom is -0.460 e. The van der Waals surface area contributed by atoms with Crippen LogP contribution in [0.3, 0.4) is 0 Å². The van der Waals surface area contributed by atoms with Crippen LogP contribution in [0, 0.1) is 0 Å². The maximum absolute atomic E-state index is 11.9. The zero-order valence-electron chi connectivity index (χ0n) is 17.8. The summed E-state index contributed by atoms with van der Waals surface area (Å²) in [5, 5.41) is 3.36. The van der Waals surface area contributed by atoms with Crippen LogP contribution in [-0.4, -0.2) is 11.7 Å². The Labute approximate surface area is 185 Å². The third-order valence-corrected chi connectivity index (χ3v) is 4.82. The molecule has 4 rings (SSSR count). The lowest BCUT2D eigenvalue weighted by Crippen LogP contribution is -2.13. The van der Waals surface area contributed by atoms with Gasteiger partial charge in [0.2, 0.25) is 12.2 Å². The summed E-state index contributed by atoms with van der Waals surface area (Å²) in [5.41, 5.74) is 2.78. The Morgan fingerprint density at radius 1 is 0.938 bits per heavy atom. The van der Waals surface area contributed by atoms with E-state index in [1.807, 2.05) is 60.7 Å². The molecular weight excluding hydrogens is 406 g/mol. The van der Waals surface area contributed by atoms with Crippen molar-refractivity contribution in [2.75, 3.05) is 5.32 Å². The SMILES string of the molecule is CC(=O)Nc1cc(OC(OCc2ccccc2)c2ccccc2)c2cc(C(C)=O)oc2c1.